The Bertz CT molecular complexity index is 1250. The van der Waals surface area contributed by atoms with E-state index in [1.54, 1.807) is 35.7 Å². The number of amides is 1. The summed E-state index contributed by atoms with van der Waals surface area (Å²) in [5.41, 5.74) is 3.58. The number of thioether (sulfide) groups is 1. The summed E-state index contributed by atoms with van der Waals surface area (Å²) in [6.45, 7) is 0.393. The molecule has 0 aliphatic rings. The highest BCUT2D eigenvalue weighted by Gasteiger charge is 2.10. The lowest BCUT2D eigenvalue weighted by molar-refractivity contribution is 0.0950. The number of hydrogen-bond acceptors (Lipinski definition) is 6. The van der Waals surface area contributed by atoms with Gasteiger partial charge in [-0.1, -0.05) is 71.6 Å². The minimum Gasteiger partial charge on any atom is -0.496 e. The zero-order valence-corrected chi connectivity index (χ0v) is 19.8. The van der Waals surface area contributed by atoms with Gasteiger partial charge in [-0.3, -0.25) is 4.79 Å². The van der Waals surface area contributed by atoms with Gasteiger partial charge in [-0.15, -0.1) is 5.10 Å². The lowest BCUT2D eigenvalue weighted by atomic mass is 10.1. The van der Waals surface area contributed by atoms with E-state index in [2.05, 4.69) is 22.5 Å². The van der Waals surface area contributed by atoms with Gasteiger partial charge in [0.1, 0.15) is 5.75 Å². The van der Waals surface area contributed by atoms with E-state index in [-0.39, 0.29) is 5.91 Å². The van der Waals surface area contributed by atoms with Gasteiger partial charge in [-0.05, 0) is 48.1 Å². The second-order valence-corrected chi connectivity index (χ2v) is 9.71. The first kappa shape index (κ1) is 22.3. The van der Waals surface area contributed by atoms with Gasteiger partial charge in [0.2, 0.25) is 0 Å². The molecule has 8 heteroatoms. The van der Waals surface area contributed by atoms with Gasteiger partial charge in [-0.25, -0.2) is 4.68 Å². The minimum atomic E-state index is -0.150. The Morgan fingerprint density at radius 3 is 2.53 bits per heavy atom. The normalized spacial score (nSPS) is 10.7. The number of nitrogens with zero attached hydrogens (tertiary/aromatic N) is 2. The molecule has 0 fully saturated rings. The summed E-state index contributed by atoms with van der Waals surface area (Å²) >= 11 is 8.65. The molecule has 4 aromatic rings. The van der Waals surface area contributed by atoms with E-state index in [9.17, 15) is 4.79 Å². The molecule has 1 N–H and O–H groups in total. The lowest BCUT2D eigenvalue weighted by Crippen LogP contribution is -2.23. The van der Waals surface area contributed by atoms with Crippen LogP contribution in [0.15, 0.2) is 83.2 Å². The van der Waals surface area contributed by atoms with Gasteiger partial charge in [0, 0.05) is 23.4 Å². The second-order valence-electron chi connectivity index (χ2n) is 6.86. The average Bonchev–Trinajstić information content (AvgIpc) is 3.22. The van der Waals surface area contributed by atoms with Crippen molar-refractivity contribution in [3.8, 4) is 11.4 Å². The van der Waals surface area contributed by atoms with E-state index < -0.39 is 0 Å². The minimum absolute atomic E-state index is 0.150. The van der Waals surface area contributed by atoms with Crippen LogP contribution in [0.4, 0.5) is 0 Å². The maximum atomic E-state index is 12.6. The summed E-state index contributed by atoms with van der Waals surface area (Å²) in [7, 11) is 1.62. The highest BCUT2D eigenvalue weighted by molar-refractivity contribution is 8.00. The van der Waals surface area contributed by atoms with Crippen molar-refractivity contribution in [1.29, 1.82) is 0 Å². The van der Waals surface area contributed by atoms with Crippen LogP contribution < -0.4 is 10.1 Å². The van der Waals surface area contributed by atoms with Gasteiger partial charge >= 0.3 is 0 Å². The largest absolute Gasteiger partial charge is 0.496 e. The molecular formula is C24H21N3O2S3. The molecule has 0 unspecified atom stereocenters. The Kier molecular flexibility index (Phi) is 7.36. The average molecular weight is 480 g/mol. The zero-order valence-electron chi connectivity index (χ0n) is 17.4. The SMILES string of the molecule is COc1ccccc1CNC(=O)c1ccc(-n2nc(SCc3ccccc3)sc2=S)cc1. The van der Waals surface area contributed by atoms with E-state index in [1.807, 2.05) is 54.6 Å². The van der Waals surface area contributed by atoms with Crippen molar-refractivity contribution >= 4 is 41.2 Å². The van der Waals surface area contributed by atoms with Crippen molar-refractivity contribution in [1.82, 2.24) is 15.1 Å². The van der Waals surface area contributed by atoms with Crippen LogP contribution in [0.2, 0.25) is 0 Å². The molecule has 0 atom stereocenters. The number of benzene rings is 3. The predicted molar refractivity (Wildman–Crippen MR) is 132 cm³/mol. The smallest absolute Gasteiger partial charge is 0.251 e. The van der Waals surface area contributed by atoms with Crippen molar-refractivity contribution in [2.75, 3.05) is 7.11 Å². The van der Waals surface area contributed by atoms with E-state index in [0.717, 1.165) is 27.1 Å². The van der Waals surface area contributed by atoms with E-state index in [4.69, 9.17) is 17.0 Å². The molecular weight excluding hydrogens is 458 g/mol. The molecule has 4 rings (SSSR count). The maximum Gasteiger partial charge on any atom is 0.251 e. The number of ether oxygens (including phenoxy) is 1. The summed E-state index contributed by atoms with van der Waals surface area (Å²) in [5.74, 6) is 1.44. The first-order chi connectivity index (χ1) is 15.6. The monoisotopic (exact) mass is 479 g/mol. The number of aromatic nitrogens is 2. The Hall–Kier alpha value is -2.94. The molecule has 5 nitrogen and oxygen atoms in total. The van der Waals surface area contributed by atoms with Crippen LogP contribution in [-0.2, 0) is 12.3 Å². The number of para-hydroxylation sites is 1. The molecule has 3 aromatic carbocycles. The molecule has 0 radical (unpaired) electrons. The fourth-order valence-corrected chi connectivity index (χ4v) is 5.40. The molecule has 162 valence electrons. The third-order valence-electron chi connectivity index (χ3n) is 4.74. The highest BCUT2D eigenvalue weighted by Crippen LogP contribution is 2.27. The third kappa shape index (κ3) is 5.45. The second kappa shape index (κ2) is 10.6. The van der Waals surface area contributed by atoms with Crippen molar-refractivity contribution < 1.29 is 9.53 Å². The van der Waals surface area contributed by atoms with Gasteiger partial charge in [0.25, 0.3) is 5.91 Å². The van der Waals surface area contributed by atoms with E-state index >= 15 is 0 Å². The molecule has 0 aliphatic carbocycles. The Morgan fingerprint density at radius 2 is 1.78 bits per heavy atom. The summed E-state index contributed by atoms with van der Waals surface area (Å²) in [4.78, 5) is 12.6. The molecule has 0 saturated carbocycles. The summed E-state index contributed by atoms with van der Waals surface area (Å²) in [6, 6.07) is 25.2. The number of nitrogens with one attached hydrogen (secondary N) is 1. The van der Waals surface area contributed by atoms with Crippen molar-refractivity contribution in [2.45, 2.75) is 16.6 Å². The number of methoxy groups -OCH3 is 1. The van der Waals surface area contributed by atoms with Crippen LogP contribution in [0.3, 0.4) is 0 Å². The number of carbonyl (C=O) groups excluding carboxylic acids is 1. The predicted octanol–water partition coefficient (Wildman–Crippen LogP) is 5.89. The van der Waals surface area contributed by atoms with Crippen molar-refractivity contribution in [2.24, 2.45) is 0 Å². The zero-order chi connectivity index (χ0) is 22.3. The molecule has 0 bridgehead atoms. The topological polar surface area (TPSA) is 56.1 Å². The van der Waals surface area contributed by atoms with Crippen LogP contribution in [0.1, 0.15) is 21.5 Å². The molecule has 1 aromatic heterocycles. The van der Waals surface area contributed by atoms with Gasteiger partial charge in [-0.2, -0.15) is 0 Å². The summed E-state index contributed by atoms with van der Waals surface area (Å²) in [5, 5.41) is 7.58. The van der Waals surface area contributed by atoms with Crippen LogP contribution >= 0.6 is 35.3 Å². The van der Waals surface area contributed by atoms with Crippen LogP contribution in [0, 0.1) is 3.95 Å². The molecule has 0 aliphatic heterocycles. The van der Waals surface area contributed by atoms with Crippen LogP contribution in [0.25, 0.3) is 5.69 Å². The van der Waals surface area contributed by atoms with Gasteiger partial charge < -0.3 is 10.1 Å². The maximum absolute atomic E-state index is 12.6. The van der Waals surface area contributed by atoms with Gasteiger partial charge in [0.15, 0.2) is 8.29 Å². The Labute approximate surface area is 200 Å². The molecule has 1 heterocycles. The molecule has 0 saturated heterocycles. The van der Waals surface area contributed by atoms with Crippen LogP contribution in [0.5, 0.6) is 5.75 Å². The Morgan fingerprint density at radius 1 is 1.06 bits per heavy atom. The standard InChI is InChI=1S/C24H21N3O2S3/c1-29-21-10-6-5-9-19(21)15-25-22(28)18-11-13-20(14-12-18)27-24(30)32-23(26-27)31-16-17-7-3-2-4-8-17/h2-14H,15-16H2,1H3,(H,25,28). The quantitative estimate of drug-likeness (QED) is 0.252. The summed E-state index contributed by atoms with van der Waals surface area (Å²) in [6.07, 6.45) is 0. The first-order valence-electron chi connectivity index (χ1n) is 9.91. The van der Waals surface area contributed by atoms with Crippen molar-refractivity contribution in [3.05, 3.63) is 99.5 Å². The summed E-state index contributed by atoms with van der Waals surface area (Å²) < 4.78 is 8.66. The first-order valence-corrected chi connectivity index (χ1v) is 12.1. The van der Waals surface area contributed by atoms with E-state index in [1.165, 1.54) is 16.9 Å². The fourth-order valence-electron chi connectivity index (χ4n) is 3.08. The number of carbonyl (C=O) groups is 1. The van der Waals surface area contributed by atoms with Crippen molar-refractivity contribution in [3.63, 3.8) is 0 Å². The molecule has 0 spiro atoms. The van der Waals surface area contributed by atoms with E-state index in [0.29, 0.717) is 16.1 Å². The molecule has 32 heavy (non-hydrogen) atoms. The number of rotatable bonds is 8. The lowest BCUT2D eigenvalue weighted by Gasteiger charge is -2.10. The van der Waals surface area contributed by atoms with Gasteiger partial charge in [0.05, 0.1) is 12.8 Å². The molecule has 1 amide bonds. The van der Waals surface area contributed by atoms with Crippen LogP contribution in [-0.4, -0.2) is 22.8 Å². The number of hydrogen-bond donors (Lipinski definition) is 1. The fraction of sp³-hybridized carbons (Fsp3) is 0.125. The Balaban J connectivity index is 1.40. The third-order valence-corrected chi connectivity index (χ3v) is 7.18. The highest BCUT2D eigenvalue weighted by atomic mass is 32.2.